The van der Waals surface area contributed by atoms with E-state index in [1.165, 1.54) is 5.06 Å². The van der Waals surface area contributed by atoms with Gasteiger partial charge in [-0.1, -0.05) is 0 Å². The van der Waals surface area contributed by atoms with Gasteiger partial charge in [-0.05, 0) is 53.0 Å². The van der Waals surface area contributed by atoms with E-state index in [1.54, 1.807) is 0 Å². The second-order valence-electron chi connectivity index (χ2n) is 5.45. The molecule has 1 saturated heterocycles. The fourth-order valence-corrected chi connectivity index (χ4v) is 2.64. The Morgan fingerprint density at radius 2 is 1.62 bits per heavy atom. The summed E-state index contributed by atoms with van der Waals surface area (Å²) in [6.45, 7) is 8.99. The average molecular weight is 186 g/mol. The van der Waals surface area contributed by atoms with Crippen molar-refractivity contribution in [2.75, 3.05) is 6.54 Å². The summed E-state index contributed by atoms with van der Waals surface area (Å²) in [6, 6.07) is 0. The van der Waals surface area contributed by atoms with E-state index in [9.17, 15) is 5.21 Å². The first-order valence-corrected chi connectivity index (χ1v) is 4.99. The Labute approximate surface area is 80.9 Å². The fourth-order valence-electron chi connectivity index (χ4n) is 2.64. The predicted octanol–water partition coefficient (Wildman–Crippen LogP) is 1.60. The lowest BCUT2D eigenvalue weighted by Gasteiger charge is -2.51. The van der Waals surface area contributed by atoms with Gasteiger partial charge in [-0.3, -0.25) is 0 Å². The van der Waals surface area contributed by atoms with Gasteiger partial charge in [0.1, 0.15) is 0 Å². The standard InChI is InChI=1S/C10H22N2O/c1-9(2)5-8(7-11)6-10(3,4)12(9)13/h8,13H,5-7,11H2,1-4H3. The molecule has 0 radical (unpaired) electrons. The van der Waals surface area contributed by atoms with Gasteiger partial charge in [-0.2, -0.15) is 5.06 Å². The highest BCUT2D eigenvalue weighted by Gasteiger charge is 2.44. The van der Waals surface area contributed by atoms with Gasteiger partial charge >= 0.3 is 0 Å². The Morgan fingerprint density at radius 3 is 1.92 bits per heavy atom. The number of nitrogens with two attached hydrogens (primary N) is 1. The molecular formula is C10H22N2O. The third kappa shape index (κ3) is 2.03. The van der Waals surface area contributed by atoms with Crippen molar-refractivity contribution in [3.05, 3.63) is 0 Å². The molecule has 1 aliphatic rings. The van der Waals surface area contributed by atoms with Crippen molar-refractivity contribution in [3.8, 4) is 0 Å². The minimum absolute atomic E-state index is 0.147. The third-order valence-electron chi connectivity index (χ3n) is 3.06. The molecule has 0 bridgehead atoms. The van der Waals surface area contributed by atoms with Crippen LogP contribution in [0.25, 0.3) is 0 Å². The normalized spacial score (nSPS) is 29.1. The fraction of sp³-hybridized carbons (Fsp3) is 1.00. The molecule has 1 aliphatic heterocycles. The van der Waals surface area contributed by atoms with Gasteiger partial charge in [0.25, 0.3) is 0 Å². The van der Waals surface area contributed by atoms with Crippen LogP contribution in [0.2, 0.25) is 0 Å². The van der Waals surface area contributed by atoms with Crippen molar-refractivity contribution >= 4 is 0 Å². The van der Waals surface area contributed by atoms with Crippen LogP contribution < -0.4 is 5.73 Å². The molecular weight excluding hydrogens is 164 g/mol. The monoisotopic (exact) mass is 186 g/mol. The third-order valence-corrected chi connectivity index (χ3v) is 3.06. The van der Waals surface area contributed by atoms with E-state index >= 15 is 0 Å². The van der Waals surface area contributed by atoms with Gasteiger partial charge in [-0.25, -0.2) is 0 Å². The summed E-state index contributed by atoms with van der Waals surface area (Å²) in [5.74, 6) is 0.536. The van der Waals surface area contributed by atoms with Crippen LogP contribution in [-0.2, 0) is 0 Å². The zero-order valence-corrected chi connectivity index (χ0v) is 9.17. The predicted molar refractivity (Wildman–Crippen MR) is 53.6 cm³/mol. The number of hydroxylamine groups is 2. The van der Waals surface area contributed by atoms with Gasteiger partial charge in [0, 0.05) is 11.1 Å². The quantitative estimate of drug-likeness (QED) is 0.654. The Balaban J connectivity index is 2.82. The molecule has 1 heterocycles. The summed E-state index contributed by atoms with van der Waals surface area (Å²) in [5.41, 5.74) is 5.40. The summed E-state index contributed by atoms with van der Waals surface area (Å²) < 4.78 is 0. The van der Waals surface area contributed by atoms with E-state index in [2.05, 4.69) is 27.7 Å². The van der Waals surface area contributed by atoms with E-state index in [-0.39, 0.29) is 11.1 Å². The van der Waals surface area contributed by atoms with Crippen molar-refractivity contribution in [2.45, 2.75) is 51.6 Å². The molecule has 0 amide bonds. The Kier molecular flexibility index (Phi) is 2.72. The SMILES string of the molecule is CC1(C)CC(CN)CC(C)(C)N1O. The van der Waals surface area contributed by atoms with Crippen molar-refractivity contribution in [1.29, 1.82) is 0 Å². The Hall–Kier alpha value is -0.120. The zero-order chi connectivity index (χ0) is 10.3. The molecule has 3 N–H and O–H groups in total. The molecule has 0 aromatic heterocycles. The zero-order valence-electron chi connectivity index (χ0n) is 9.17. The highest BCUT2D eigenvalue weighted by Crippen LogP contribution is 2.39. The summed E-state index contributed by atoms with van der Waals surface area (Å²) in [6.07, 6.45) is 1.95. The molecule has 0 aromatic carbocycles. The van der Waals surface area contributed by atoms with E-state index in [1.807, 2.05) is 0 Å². The molecule has 13 heavy (non-hydrogen) atoms. The van der Waals surface area contributed by atoms with Crippen molar-refractivity contribution < 1.29 is 5.21 Å². The molecule has 78 valence electrons. The molecule has 0 spiro atoms. The van der Waals surface area contributed by atoms with Crippen LogP contribution >= 0.6 is 0 Å². The average Bonchev–Trinajstić information content (AvgIpc) is 1.99. The number of piperidine rings is 1. The minimum Gasteiger partial charge on any atom is -0.330 e. The van der Waals surface area contributed by atoms with Crippen LogP contribution in [0.15, 0.2) is 0 Å². The second kappa shape index (κ2) is 3.23. The molecule has 1 fully saturated rings. The molecule has 0 aromatic rings. The van der Waals surface area contributed by atoms with Crippen molar-refractivity contribution in [2.24, 2.45) is 11.7 Å². The van der Waals surface area contributed by atoms with Gasteiger partial charge in [-0.15, -0.1) is 0 Å². The van der Waals surface area contributed by atoms with Gasteiger partial charge in [0.15, 0.2) is 0 Å². The maximum absolute atomic E-state index is 9.97. The van der Waals surface area contributed by atoms with Crippen LogP contribution in [0, 0.1) is 5.92 Å². The first-order valence-electron chi connectivity index (χ1n) is 4.99. The largest absolute Gasteiger partial charge is 0.330 e. The van der Waals surface area contributed by atoms with Crippen molar-refractivity contribution in [3.63, 3.8) is 0 Å². The van der Waals surface area contributed by atoms with E-state index in [0.717, 1.165) is 19.4 Å². The molecule has 0 atom stereocenters. The van der Waals surface area contributed by atoms with Crippen LogP contribution in [0.3, 0.4) is 0 Å². The lowest BCUT2D eigenvalue weighted by molar-refractivity contribution is -0.250. The number of hydrogen-bond donors (Lipinski definition) is 2. The lowest BCUT2D eigenvalue weighted by Crippen LogP contribution is -2.59. The smallest absolute Gasteiger partial charge is 0.0413 e. The molecule has 0 aliphatic carbocycles. The maximum atomic E-state index is 9.97. The minimum atomic E-state index is -0.147. The summed E-state index contributed by atoms with van der Waals surface area (Å²) >= 11 is 0. The summed E-state index contributed by atoms with van der Waals surface area (Å²) in [4.78, 5) is 0. The van der Waals surface area contributed by atoms with Crippen molar-refractivity contribution in [1.82, 2.24) is 5.06 Å². The number of nitrogens with zero attached hydrogens (tertiary/aromatic N) is 1. The number of rotatable bonds is 1. The highest BCUT2D eigenvalue weighted by atomic mass is 16.5. The van der Waals surface area contributed by atoms with E-state index < -0.39 is 0 Å². The van der Waals surface area contributed by atoms with Gasteiger partial charge in [0.05, 0.1) is 0 Å². The summed E-state index contributed by atoms with van der Waals surface area (Å²) in [5, 5.41) is 11.5. The second-order valence-corrected chi connectivity index (χ2v) is 5.45. The molecule has 3 heteroatoms. The van der Waals surface area contributed by atoms with Gasteiger partial charge < -0.3 is 10.9 Å². The molecule has 3 nitrogen and oxygen atoms in total. The first kappa shape index (κ1) is 11.0. The molecule has 0 unspecified atom stereocenters. The first-order chi connectivity index (χ1) is 5.79. The van der Waals surface area contributed by atoms with Crippen LogP contribution in [0.5, 0.6) is 0 Å². The molecule has 0 saturated carbocycles. The van der Waals surface area contributed by atoms with Crippen LogP contribution in [0.1, 0.15) is 40.5 Å². The summed E-state index contributed by atoms with van der Waals surface area (Å²) in [7, 11) is 0. The lowest BCUT2D eigenvalue weighted by atomic mass is 9.75. The Morgan fingerprint density at radius 1 is 1.23 bits per heavy atom. The highest BCUT2D eigenvalue weighted by molar-refractivity contribution is 4.95. The topological polar surface area (TPSA) is 49.5 Å². The molecule has 1 rings (SSSR count). The maximum Gasteiger partial charge on any atom is 0.0413 e. The Bertz CT molecular complexity index is 171. The number of hydrogen-bond acceptors (Lipinski definition) is 3. The van der Waals surface area contributed by atoms with E-state index in [0.29, 0.717) is 5.92 Å². The van der Waals surface area contributed by atoms with Gasteiger partial charge in [0.2, 0.25) is 0 Å². The van der Waals surface area contributed by atoms with Crippen LogP contribution in [-0.4, -0.2) is 27.9 Å². The van der Waals surface area contributed by atoms with E-state index in [4.69, 9.17) is 5.73 Å². The van der Waals surface area contributed by atoms with Crippen LogP contribution in [0.4, 0.5) is 0 Å².